The molecule has 0 saturated carbocycles. The van der Waals surface area contributed by atoms with Crippen molar-refractivity contribution in [1.82, 2.24) is 20.3 Å². The summed E-state index contributed by atoms with van der Waals surface area (Å²) in [7, 11) is 0. The Morgan fingerprint density at radius 2 is 1.82 bits per heavy atom. The van der Waals surface area contributed by atoms with Crippen LogP contribution in [0, 0.1) is 20.8 Å². The third-order valence-electron chi connectivity index (χ3n) is 4.18. The van der Waals surface area contributed by atoms with E-state index in [1.165, 1.54) is 16.9 Å². The van der Waals surface area contributed by atoms with Crippen LogP contribution in [0.2, 0.25) is 0 Å². The quantitative estimate of drug-likeness (QED) is 0.553. The number of nitrogens with one attached hydrogen (secondary N) is 1. The Balaban J connectivity index is 1.49. The van der Waals surface area contributed by atoms with E-state index in [1.807, 2.05) is 26.0 Å². The zero-order chi connectivity index (χ0) is 19.7. The molecule has 2 aromatic carbocycles. The van der Waals surface area contributed by atoms with Gasteiger partial charge >= 0.3 is 0 Å². The number of anilines is 1. The number of carbonyl (C=O) groups excluding carboxylic acids is 1. The Morgan fingerprint density at radius 1 is 1.04 bits per heavy atom. The van der Waals surface area contributed by atoms with Gasteiger partial charge in [-0.15, -0.1) is 10.2 Å². The molecule has 0 atom stereocenters. The highest BCUT2D eigenvalue weighted by Gasteiger charge is 2.13. The molecule has 0 bridgehead atoms. The number of carbonyl (C=O) groups is 1. The lowest BCUT2D eigenvalue weighted by Gasteiger charge is -2.03. The molecule has 28 heavy (non-hydrogen) atoms. The van der Waals surface area contributed by atoms with E-state index in [0.717, 1.165) is 21.7 Å². The molecule has 140 valence electrons. The molecule has 0 radical (unpaired) electrons. The van der Waals surface area contributed by atoms with Crippen LogP contribution in [-0.4, -0.2) is 26.2 Å². The average molecular weight is 391 g/mol. The van der Waals surface area contributed by atoms with Crippen molar-refractivity contribution in [3.8, 4) is 22.0 Å². The molecule has 8 heteroatoms. The topological polar surface area (TPSA) is 93.8 Å². The molecule has 7 nitrogen and oxygen atoms in total. The van der Waals surface area contributed by atoms with Gasteiger partial charge in [0.1, 0.15) is 5.01 Å². The second-order valence-electron chi connectivity index (χ2n) is 6.41. The number of benzene rings is 2. The van der Waals surface area contributed by atoms with Gasteiger partial charge < -0.3 is 4.52 Å². The van der Waals surface area contributed by atoms with Gasteiger partial charge in [-0.1, -0.05) is 40.3 Å². The minimum Gasteiger partial charge on any atom is -0.334 e. The monoisotopic (exact) mass is 391 g/mol. The highest BCUT2D eigenvalue weighted by Crippen LogP contribution is 2.29. The van der Waals surface area contributed by atoms with E-state index in [1.54, 1.807) is 31.2 Å². The van der Waals surface area contributed by atoms with Gasteiger partial charge in [-0.2, -0.15) is 4.98 Å². The molecule has 4 rings (SSSR count). The van der Waals surface area contributed by atoms with Crippen LogP contribution < -0.4 is 5.32 Å². The first-order valence-corrected chi connectivity index (χ1v) is 9.44. The molecule has 0 aliphatic rings. The van der Waals surface area contributed by atoms with Crippen molar-refractivity contribution < 1.29 is 9.32 Å². The third kappa shape index (κ3) is 3.67. The molecule has 0 spiro atoms. The van der Waals surface area contributed by atoms with Crippen LogP contribution in [-0.2, 0) is 0 Å². The van der Waals surface area contributed by atoms with E-state index < -0.39 is 0 Å². The van der Waals surface area contributed by atoms with Gasteiger partial charge in [0.25, 0.3) is 11.8 Å². The Bertz CT molecular complexity index is 1150. The van der Waals surface area contributed by atoms with Crippen LogP contribution in [0.5, 0.6) is 0 Å². The summed E-state index contributed by atoms with van der Waals surface area (Å²) in [5, 5.41) is 16.1. The normalized spacial score (nSPS) is 10.8. The minimum atomic E-state index is -0.253. The summed E-state index contributed by atoms with van der Waals surface area (Å²) < 4.78 is 5.13. The summed E-state index contributed by atoms with van der Waals surface area (Å²) in [6, 6.07) is 13.1. The number of hydrogen-bond donors (Lipinski definition) is 1. The standard InChI is InChI=1S/C20H17N5O2S/c1-11-4-9-16(12(2)10-11)19-23-24-20(28-19)22-17(26)14-5-7-15(8-6-14)18-21-13(3)25-27-18/h4-10H,1-3H3,(H,22,24,26). The molecule has 0 saturated heterocycles. The summed E-state index contributed by atoms with van der Waals surface area (Å²) in [6.07, 6.45) is 0. The van der Waals surface area contributed by atoms with E-state index in [2.05, 4.69) is 31.7 Å². The number of aryl methyl sites for hydroxylation is 3. The summed E-state index contributed by atoms with van der Waals surface area (Å²) in [4.78, 5) is 16.7. The van der Waals surface area contributed by atoms with Gasteiger partial charge in [-0.25, -0.2) is 0 Å². The second kappa shape index (κ2) is 7.32. The minimum absolute atomic E-state index is 0.253. The first-order valence-electron chi connectivity index (χ1n) is 8.63. The second-order valence-corrected chi connectivity index (χ2v) is 7.39. The molecule has 0 aliphatic heterocycles. The van der Waals surface area contributed by atoms with Gasteiger partial charge in [0.05, 0.1) is 0 Å². The first-order chi connectivity index (χ1) is 13.5. The van der Waals surface area contributed by atoms with Gasteiger partial charge in [0, 0.05) is 16.7 Å². The SMILES string of the molecule is Cc1ccc(-c2nnc(NC(=O)c3ccc(-c4nc(C)no4)cc3)s2)c(C)c1. The number of rotatable bonds is 4. The summed E-state index contributed by atoms with van der Waals surface area (Å²) in [5.74, 6) is 0.732. The molecule has 1 N–H and O–H groups in total. The molecule has 2 aromatic heterocycles. The molecule has 0 unspecified atom stereocenters. The molecular weight excluding hydrogens is 374 g/mol. The lowest BCUT2D eigenvalue weighted by Crippen LogP contribution is -2.11. The van der Waals surface area contributed by atoms with Crippen molar-refractivity contribution in [3.05, 3.63) is 65.0 Å². The predicted octanol–water partition coefficient (Wildman–Crippen LogP) is 4.43. The molecular formula is C20H17N5O2S. The van der Waals surface area contributed by atoms with Crippen molar-refractivity contribution in [2.24, 2.45) is 0 Å². The maximum absolute atomic E-state index is 12.5. The Morgan fingerprint density at radius 3 is 2.50 bits per heavy atom. The van der Waals surface area contributed by atoms with Gasteiger partial charge in [0.15, 0.2) is 5.82 Å². The van der Waals surface area contributed by atoms with Crippen molar-refractivity contribution >= 4 is 22.4 Å². The van der Waals surface area contributed by atoms with Gasteiger partial charge in [-0.05, 0) is 50.6 Å². The molecule has 1 amide bonds. The van der Waals surface area contributed by atoms with Crippen LogP contribution in [0.25, 0.3) is 22.0 Å². The van der Waals surface area contributed by atoms with E-state index in [-0.39, 0.29) is 5.91 Å². The predicted molar refractivity (Wildman–Crippen MR) is 107 cm³/mol. The van der Waals surface area contributed by atoms with Crippen molar-refractivity contribution in [2.75, 3.05) is 5.32 Å². The molecule has 4 aromatic rings. The number of amides is 1. The molecule has 0 fully saturated rings. The summed E-state index contributed by atoms with van der Waals surface area (Å²) in [6.45, 7) is 5.84. The summed E-state index contributed by atoms with van der Waals surface area (Å²) in [5.41, 5.74) is 4.59. The number of aromatic nitrogens is 4. The third-order valence-corrected chi connectivity index (χ3v) is 5.05. The number of hydrogen-bond acceptors (Lipinski definition) is 7. The van der Waals surface area contributed by atoms with Crippen molar-refractivity contribution in [1.29, 1.82) is 0 Å². The fraction of sp³-hybridized carbons (Fsp3) is 0.150. The zero-order valence-corrected chi connectivity index (χ0v) is 16.4. The highest BCUT2D eigenvalue weighted by molar-refractivity contribution is 7.18. The zero-order valence-electron chi connectivity index (χ0n) is 15.6. The van der Waals surface area contributed by atoms with E-state index >= 15 is 0 Å². The van der Waals surface area contributed by atoms with E-state index in [0.29, 0.717) is 22.4 Å². The van der Waals surface area contributed by atoms with Crippen molar-refractivity contribution in [3.63, 3.8) is 0 Å². The fourth-order valence-electron chi connectivity index (χ4n) is 2.78. The maximum atomic E-state index is 12.5. The van der Waals surface area contributed by atoms with Crippen LogP contribution >= 0.6 is 11.3 Å². The van der Waals surface area contributed by atoms with Gasteiger partial charge in [-0.3, -0.25) is 10.1 Å². The average Bonchev–Trinajstić information content (AvgIpc) is 3.31. The van der Waals surface area contributed by atoms with Crippen LogP contribution in [0.1, 0.15) is 27.3 Å². The lowest BCUT2D eigenvalue weighted by molar-refractivity contribution is 0.102. The van der Waals surface area contributed by atoms with Crippen molar-refractivity contribution in [2.45, 2.75) is 20.8 Å². The van der Waals surface area contributed by atoms with Crippen LogP contribution in [0.3, 0.4) is 0 Å². The molecule has 2 heterocycles. The largest absolute Gasteiger partial charge is 0.334 e. The Hall–Kier alpha value is -3.39. The molecule has 0 aliphatic carbocycles. The van der Waals surface area contributed by atoms with E-state index in [4.69, 9.17) is 4.52 Å². The fourth-order valence-corrected chi connectivity index (χ4v) is 3.61. The first kappa shape index (κ1) is 18.0. The number of nitrogens with zero attached hydrogens (tertiary/aromatic N) is 4. The Labute approximate surface area is 165 Å². The Kier molecular flexibility index (Phi) is 4.70. The summed E-state index contributed by atoms with van der Waals surface area (Å²) >= 11 is 1.34. The van der Waals surface area contributed by atoms with Crippen LogP contribution in [0.15, 0.2) is 47.0 Å². The highest BCUT2D eigenvalue weighted by atomic mass is 32.1. The maximum Gasteiger partial charge on any atom is 0.257 e. The van der Waals surface area contributed by atoms with E-state index in [9.17, 15) is 4.79 Å². The lowest BCUT2D eigenvalue weighted by atomic mass is 10.1. The smallest absolute Gasteiger partial charge is 0.257 e. The van der Waals surface area contributed by atoms with Crippen LogP contribution in [0.4, 0.5) is 5.13 Å². The van der Waals surface area contributed by atoms with Gasteiger partial charge in [0.2, 0.25) is 5.13 Å².